The maximum Gasteiger partial charge on any atom is 0.317 e. The van der Waals surface area contributed by atoms with Gasteiger partial charge in [-0.25, -0.2) is 4.79 Å². The molecule has 1 heterocycles. The number of urea groups is 1. The van der Waals surface area contributed by atoms with E-state index in [1.807, 2.05) is 24.3 Å². The van der Waals surface area contributed by atoms with Crippen molar-refractivity contribution in [1.82, 2.24) is 10.2 Å². The van der Waals surface area contributed by atoms with E-state index in [1.54, 1.807) is 12.0 Å². The summed E-state index contributed by atoms with van der Waals surface area (Å²) >= 11 is 0. The lowest BCUT2D eigenvalue weighted by Crippen LogP contribution is -2.54. The molecule has 6 nitrogen and oxygen atoms in total. The van der Waals surface area contributed by atoms with E-state index in [4.69, 9.17) is 9.84 Å². The molecule has 20 heavy (non-hydrogen) atoms. The third kappa shape index (κ3) is 3.63. The molecule has 2 rings (SSSR count). The molecule has 2 N–H and O–H groups in total. The lowest BCUT2D eigenvalue weighted by atomic mass is 9.97. The topological polar surface area (TPSA) is 78.9 Å². The lowest BCUT2D eigenvalue weighted by molar-refractivity contribution is -0.139. The average molecular weight is 278 g/mol. The second-order valence-electron chi connectivity index (χ2n) is 4.88. The first-order valence-corrected chi connectivity index (χ1v) is 6.46. The highest BCUT2D eigenvalue weighted by atomic mass is 16.5. The fourth-order valence-electron chi connectivity index (χ4n) is 2.18. The van der Waals surface area contributed by atoms with E-state index >= 15 is 0 Å². The number of ether oxygens (including phenoxy) is 1. The van der Waals surface area contributed by atoms with E-state index in [2.05, 4.69) is 5.32 Å². The molecule has 0 radical (unpaired) electrons. The number of carbonyl (C=O) groups excluding carboxylic acids is 1. The maximum atomic E-state index is 11.8. The van der Waals surface area contributed by atoms with Crippen molar-refractivity contribution in [3.63, 3.8) is 0 Å². The van der Waals surface area contributed by atoms with Crippen molar-refractivity contribution in [3.05, 3.63) is 29.8 Å². The van der Waals surface area contributed by atoms with Gasteiger partial charge in [-0.3, -0.25) is 4.79 Å². The third-order valence-electron chi connectivity index (χ3n) is 3.29. The number of carboxylic acid groups (broad SMARTS) is 1. The molecule has 0 atom stereocenters. The van der Waals surface area contributed by atoms with Gasteiger partial charge in [-0.2, -0.15) is 0 Å². The lowest BCUT2D eigenvalue weighted by Gasteiger charge is -2.38. The summed E-state index contributed by atoms with van der Waals surface area (Å²) < 4.78 is 5.11. The highest BCUT2D eigenvalue weighted by Gasteiger charge is 2.31. The van der Waals surface area contributed by atoms with Crippen LogP contribution in [-0.4, -0.2) is 42.2 Å². The van der Waals surface area contributed by atoms with Crippen molar-refractivity contribution in [3.8, 4) is 5.75 Å². The first-order valence-electron chi connectivity index (χ1n) is 6.46. The predicted octanol–water partition coefficient (Wildman–Crippen LogP) is 1.31. The molecule has 108 valence electrons. The van der Waals surface area contributed by atoms with Crippen LogP contribution in [0, 0.1) is 5.92 Å². The van der Waals surface area contributed by atoms with Crippen LogP contribution >= 0.6 is 0 Å². The van der Waals surface area contributed by atoms with E-state index in [0.717, 1.165) is 11.3 Å². The van der Waals surface area contributed by atoms with Gasteiger partial charge in [0, 0.05) is 25.6 Å². The number of rotatable bonds is 5. The first-order chi connectivity index (χ1) is 9.58. The minimum atomic E-state index is -0.813. The zero-order chi connectivity index (χ0) is 14.5. The summed E-state index contributed by atoms with van der Waals surface area (Å²) in [5, 5.41) is 11.5. The van der Waals surface area contributed by atoms with Gasteiger partial charge in [-0.1, -0.05) is 12.1 Å². The van der Waals surface area contributed by atoms with Crippen molar-refractivity contribution in [1.29, 1.82) is 0 Å². The Hall–Kier alpha value is -2.24. The molecule has 0 aliphatic carbocycles. The number of benzene rings is 1. The van der Waals surface area contributed by atoms with Gasteiger partial charge in [0.25, 0.3) is 0 Å². The molecular weight excluding hydrogens is 260 g/mol. The fourth-order valence-corrected chi connectivity index (χ4v) is 2.18. The summed E-state index contributed by atoms with van der Waals surface area (Å²) in [6.45, 7) is 1.45. The van der Waals surface area contributed by atoms with Crippen LogP contribution in [0.5, 0.6) is 5.75 Å². The Morgan fingerprint density at radius 3 is 2.85 bits per heavy atom. The zero-order valence-electron chi connectivity index (χ0n) is 11.3. The van der Waals surface area contributed by atoms with Gasteiger partial charge >= 0.3 is 12.0 Å². The Balaban J connectivity index is 1.74. The molecular formula is C14H18N2O4. The molecule has 0 spiro atoms. The van der Waals surface area contributed by atoms with Crippen molar-refractivity contribution in [2.75, 3.05) is 20.2 Å². The van der Waals surface area contributed by atoms with Crippen LogP contribution in [0.4, 0.5) is 4.79 Å². The van der Waals surface area contributed by atoms with E-state index in [-0.39, 0.29) is 18.4 Å². The van der Waals surface area contributed by atoms with Crippen molar-refractivity contribution in [2.24, 2.45) is 5.92 Å². The summed E-state index contributed by atoms with van der Waals surface area (Å²) in [7, 11) is 1.60. The number of carboxylic acids is 1. The molecule has 1 aliphatic heterocycles. The standard InChI is InChI=1S/C14H18N2O4/c1-20-12-4-2-3-10(5-12)7-15-14(19)16-8-11(9-16)6-13(17)18/h2-5,11H,6-9H2,1H3,(H,15,19)(H,17,18). The van der Waals surface area contributed by atoms with Crippen molar-refractivity contribution >= 4 is 12.0 Å². The molecule has 1 saturated heterocycles. The van der Waals surface area contributed by atoms with Gasteiger partial charge in [0.05, 0.1) is 13.5 Å². The van der Waals surface area contributed by atoms with Crippen LogP contribution in [0.2, 0.25) is 0 Å². The van der Waals surface area contributed by atoms with Gasteiger partial charge < -0.3 is 20.1 Å². The highest BCUT2D eigenvalue weighted by Crippen LogP contribution is 2.19. The quantitative estimate of drug-likeness (QED) is 0.851. The Labute approximate surface area is 117 Å². The zero-order valence-corrected chi connectivity index (χ0v) is 11.3. The SMILES string of the molecule is COc1cccc(CNC(=O)N2CC(CC(=O)O)C2)c1. The number of aliphatic carboxylic acids is 1. The summed E-state index contributed by atoms with van der Waals surface area (Å²) in [6, 6.07) is 7.33. The second kappa shape index (κ2) is 6.27. The van der Waals surface area contributed by atoms with Gasteiger partial charge in [0.2, 0.25) is 0 Å². The van der Waals surface area contributed by atoms with Gasteiger partial charge in [0.15, 0.2) is 0 Å². The molecule has 1 fully saturated rings. The summed E-state index contributed by atoms with van der Waals surface area (Å²) in [6.07, 6.45) is 0.125. The largest absolute Gasteiger partial charge is 0.497 e. The van der Waals surface area contributed by atoms with Crippen LogP contribution < -0.4 is 10.1 Å². The summed E-state index contributed by atoms with van der Waals surface area (Å²) in [5.74, 6) is 0.0173. The number of hydrogen-bond donors (Lipinski definition) is 2. The van der Waals surface area contributed by atoms with Gasteiger partial charge in [-0.15, -0.1) is 0 Å². The number of methoxy groups -OCH3 is 1. The Morgan fingerprint density at radius 2 is 2.20 bits per heavy atom. The number of nitrogens with one attached hydrogen (secondary N) is 1. The first kappa shape index (κ1) is 14.2. The Kier molecular flexibility index (Phi) is 4.45. The molecule has 0 saturated carbocycles. The smallest absolute Gasteiger partial charge is 0.317 e. The minimum Gasteiger partial charge on any atom is -0.497 e. The number of likely N-dealkylation sites (tertiary alicyclic amines) is 1. The monoisotopic (exact) mass is 278 g/mol. The minimum absolute atomic E-state index is 0.0788. The van der Waals surface area contributed by atoms with Crippen LogP contribution in [0.15, 0.2) is 24.3 Å². The van der Waals surface area contributed by atoms with Crippen molar-refractivity contribution in [2.45, 2.75) is 13.0 Å². The van der Waals surface area contributed by atoms with Crippen LogP contribution in [0.1, 0.15) is 12.0 Å². The van der Waals surface area contributed by atoms with Crippen LogP contribution in [0.25, 0.3) is 0 Å². The molecule has 2 amide bonds. The van der Waals surface area contributed by atoms with Crippen molar-refractivity contribution < 1.29 is 19.4 Å². The summed E-state index contributed by atoms with van der Waals surface area (Å²) in [4.78, 5) is 24.0. The fraction of sp³-hybridized carbons (Fsp3) is 0.429. The molecule has 0 bridgehead atoms. The summed E-state index contributed by atoms with van der Waals surface area (Å²) in [5.41, 5.74) is 0.959. The van der Waals surface area contributed by atoms with E-state index < -0.39 is 5.97 Å². The normalized spacial score (nSPS) is 14.6. The number of amides is 2. The molecule has 1 aliphatic rings. The molecule has 0 aromatic heterocycles. The van der Waals surface area contributed by atoms with Gasteiger partial charge in [0.1, 0.15) is 5.75 Å². The molecule has 6 heteroatoms. The molecule has 1 aromatic rings. The third-order valence-corrected chi connectivity index (χ3v) is 3.29. The number of nitrogens with zero attached hydrogens (tertiary/aromatic N) is 1. The molecule has 1 aromatic carbocycles. The van der Waals surface area contributed by atoms with Crippen LogP contribution in [-0.2, 0) is 11.3 Å². The predicted molar refractivity (Wildman–Crippen MR) is 72.5 cm³/mol. The Morgan fingerprint density at radius 1 is 1.45 bits per heavy atom. The number of carbonyl (C=O) groups is 2. The average Bonchev–Trinajstić information content (AvgIpc) is 2.39. The second-order valence-corrected chi connectivity index (χ2v) is 4.88. The van der Waals surface area contributed by atoms with E-state index in [1.165, 1.54) is 0 Å². The maximum absolute atomic E-state index is 11.8. The van der Waals surface area contributed by atoms with Gasteiger partial charge in [-0.05, 0) is 17.7 Å². The van der Waals surface area contributed by atoms with Crippen LogP contribution in [0.3, 0.4) is 0 Å². The van der Waals surface area contributed by atoms with E-state index in [0.29, 0.717) is 19.6 Å². The number of hydrogen-bond acceptors (Lipinski definition) is 3. The highest BCUT2D eigenvalue weighted by molar-refractivity contribution is 5.75. The Bertz CT molecular complexity index is 498. The molecule has 0 unspecified atom stereocenters. The van der Waals surface area contributed by atoms with E-state index in [9.17, 15) is 9.59 Å².